The number of amides is 1. The number of carbonyl (C=O) groups excluding carboxylic acids is 1. The fraction of sp³-hybridized carbons (Fsp3) is 0.385. The summed E-state index contributed by atoms with van der Waals surface area (Å²) in [6, 6.07) is 5.39. The van der Waals surface area contributed by atoms with Crippen LogP contribution in [0.25, 0.3) is 0 Å². The quantitative estimate of drug-likeness (QED) is 0.568. The van der Waals surface area contributed by atoms with E-state index in [4.69, 9.17) is 5.11 Å². The van der Waals surface area contributed by atoms with Crippen molar-refractivity contribution < 1.29 is 19.1 Å². The third-order valence-corrected chi connectivity index (χ3v) is 4.60. The minimum Gasteiger partial charge on any atom is -0.480 e. The molecule has 0 heterocycles. The molecule has 0 aliphatic heterocycles. The van der Waals surface area contributed by atoms with Gasteiger partial charge in [0.1, 0.15) is 11.9 Å². The summed E-state index contributed by atoms with van der Waals surface area (Å²) in [7, 11) is 0. The first-order valence-electron chi connectivity index (χ1n) is 5.95. The van der Waals surface area contributed by atoms with Gasteiger partial charge < -0.3 is 10.4 Å². The molecule has 0 radical (unpaired) electrons. The van der Waals surface area contributed by atoms with Gasteiger partial charge in [-0.1, -0.05) is 0 Å². The lowest BCUT2D eigenvalue weighted by molar-refractivity contribution is -0.140. The maximum atomic E-state index is 12.7. The lowest BCUT2D eigenvalue weighted by atomic mass is 10.3. The minimum atomic E-state index is -1.03. The largest absolute Gasteiger partial charge is 0.480 e. The van der Waals surface area contributed by atoms with Crippen LogP contribution in [0.3, 0.4) is 0 Å². The van der Waals surface area contributed by atoms with Gasteiger partial charge in [-0.25, -0.2) is 9.18 Å². The van der Waals surface area contributed by atoms with Crippen LogP contribution >= 0.6 is 23.5 Å². The lowest BCUT2D eigenvalue weighted by Gasteiger charge is -2.12. The van der Waals surface area contributed by atoms with Crippen molar-refractivity contribution in [2.24, 2.45) is 0 Å². The molecule has 2 N–H and O–H groups in total. The SMILES string of the molecule is CC(=O)NC(CSCCSc1ccc(F)cc1)C(=O)O. The van der Waals surface area contributed by atoms with Crippen molar-refractivity contribution in [3.63, 3.8) is 0 Å². The van der Waals surface area contributed by atoms with Crippen molar-refractivity contribution in [2.45, 2.75) is 17.9 Å². The molecule has 0 saturated heterocycles. The van der Waals surface area contributed by atoms with E-state index in [1.165, 1.54) is 30.8 Å². The molecule has 0 saturated carbocycles. The number of carboxylic acid groups (broad SMARTS) is 1. The highest BCUT2D eigenvalue weighted by molar-refractivity contribution is 8.03. The summed E-state index contributed by atoms with van der Waals surface area (Å²) in [5, 5.41) is 11.3. The van der Waals surface area contributed by atoms with E-state index in [-0.39, 0.29) is 11.7 Å². The number of hydrogen-bond donors (Lipinski definition) is 2. The Balaban J connectivity index is 2.21. The summed E-state index contributed by atoms with van der Waals surface area (Å²) in [5.41, 5.74) is 0. The topological polar surface area (TPSA) is 66.4 Å². The molecule has 1 atom stereocenters. The van der Waals surface area contributed by atoms with E-state index < -0.39 is 12.0 Å². The standard InChI is InChI=1S/C13H16FNO3S2/c1-9(16)15-12(13(17)18)8-19-6-7-20-11-4-2-10(14)3-5-11/h2-5,12H,6-8H2,1H3,(H,15,16)(H,17,18). The van der Waals surface area contributed by atoms with Crippen molar-refractivity contribution in [3.05, 3.63) is 30.1 Å². The summed E-state index contributed by atoms with van der Waals surface area (Å²) in [6.07, 6.45) is 0. The zero-order valence-electron chi connectivity index (χ0n) is 11.0. The molecular weight excluding hydrogens is 301 g/mol. The van der Waals surface area contributed by atoms with Crippen molar-refractivity contribution >= 4 is 35.4 Å². The van der Waals surface area contributed by atoms with Gasteiger partial charge in [0.25, 0.3) is 0 Å². The van der Waals surface area contributed by atoms with Gasteiger partial charge in [0.2, 0.25) is 5.91 Å². The highest BCUT2D eigenvalue weighted by atomic mass is 32.2. The highest BCUT2D eigenvalue weighted by Gasteiger charge is 2.17. The lowest BCUT2D eigenvalue weighted by Crippen LogP contribution is -2.41. The molecule has 0 bridgehead atoms. The predicted octanol–water partition coefficient (Wildman–Crippen LogP) is 2.24. The Bertz CT molecular complexity index is 453. The molecule has 0 aromatic heterocycles. The van der Waals surface area contributed by atoms with Crippen molar-refractivity contribution in [1.29, 1.82) is 0 Å². The Morgan fingerprint density at radius 2 is 1.95 bits per heavy atom. The molecule has 0 fully saturated rings. The van der Waals surface area contributed by atoms with Gasteiger partial charge in [0.15, 0.2) is 0 Å². The van der Waals surface area contributed by atoms with E-state index in [2.05, 4.69) is 5.32 Å². The second kappa shape index (κ2) is 8.86. The fourth-order valence-corrected chi connectivity index (χ4v) is 3.37. The van der Waals surface area contributed by atoms with Crippen LogP contribution in [0, 0.1) is 5.82 Å². The van der Waals surface area contributed by atoms with Crippen molar-refractivity contribution in [1.82, 2.24) is 5.32 Å². The van der Waals surface area contributed by atoms with Crippen LogP contribution < -0.4 is 5.32 Å². The van der Waals surface area contributed by atoms with Crippen molar-refractivity contribution in [3.8, 4) is 0 Å². The van der Waals surface area contributed by atoms with Crippen LogP contribution in [0.1, 0.15) is 6.92 Å². The van der Waals surface area contributed by atoms with Gasteiger partial charge >= 0.3 is 5.97 Å². The Hall–Kier alpha value is -1.21. The van der Waals surface area contributed by atoms with Crippen LogP contribution in [-0.4, -0.2) is 40.3 Å². The first-order chi connectivity index (χ1) is 9.49. The van der Waals surface area contributed by atoms with Gasteiger partial charge in [-0.05, 0) is 24.3 Å². The van der Waals surface area contributed by atoms with E-state index in [1.807, 2.05) is 0 Å². The summed E-state index contributed by atoms with van der Waals surface area (Å²) in [5.74, 6) is 0.244. The number of carboxylic acids is 1. The molecule has 0 aliphatic carbocycles. The smallest absolute Gasteiger partial charge is 0.327 e. The molecule has 1 aromatic carbocycles. The Morgan fingerprint density at radius 3 is 2.50 bits per heavy atom. The highest BCUT2D eigenvalue weighted by Crippen LogP contribution is 2.19. The van der Waals surface area contributed by atoms with Gasteiger partial charge in [-0.15, -0.1) is 11.8 Å². The molecule has 20 heavy (non-hydrogen) atoms. The van der Waals surface area contributed by atoms with Gasteiger partial charge in [-0.2, -0.15) is 11.8 Å². The van der Waals surface area contributed by atoms with Gasteiger partial charge in [0, 0.05) is 29.1 Å². The molecule has 4 nitrogen and oxygen atoms in total. The molecule has 1 unspecified atom stereocenters. The minimum absolute atomic E-state index is 0.261. The van der Waals surface area contributed by atoms with Gasteiger partial charge in [-0.3, -0.25) is 4.79 Å². The Kier molecular flexibility index (Phi) is 7.46. The average molecular weight is 317 g/mol. The second-order valence-corrected chi connectivity index (χ2v) is 6.29. The number of hydrogen-bond acceptors (Lipinski definition) is 4. The molecule has 0 spiro atoms. The van der Waals surface area contributed by atoms with E-state index in [1.54, 1.807) is 23.9 Å². The summed E-state index contributed by atoms with van der Waals surface area (Å²) in [6.45, 7) is 1.30. The van der Waals surface area contributed by atoms with Crippen LogP contribution in [0.2, 0.25) is 0 Å². The molecule has 1 rings (SSSR count). The van der Waals surface area contributed by atoms with Gasteiger partial charge in [0.05, 0.1) is 0 Å². The number of aliphatic carboxylic acids is 1. The molecule has 7 heteroatoms. The zero-order valence-corrected chi connectivity index (χ0v) is 12.6. The molecule has 0 aliphatic rings. The third-order valence-electron chi connectivity index (χ3n) is 2.27. The molecule has 1 amide bonds. The molecular formula is C13H16FNO3S2. The van der Waals surface area contributed by atoms with Crippen LogP contribution in [0.5, 0.6) is 0 Å². The second-order valence-electron chi connectivity index (χ2n) is 3.97. The maximum absolute atomic E-state index is 12.7. The number of carbonyl (C=O) groups is 2. The first kappa shape index (κ1) is 16.8. The number of nitrogens with one attached hydrogen (secondary N) is 1. The van der Waals surface area contributed by atoms with Crippen LogP contribution in [-0.2, 0) is 9.59 Å². The number of halogens is 1. The zero-order chi connectivity index (χ0) is 15.0. The van der Waals surface area contributed by atoms with E-state index in [0.29, 0.717) is 5.75 Å². The maximum Gasteiger partial charge on any atom is 0.327 e. The van der Waals surface area contributed by atoms with E-state index in [0.717, 1.165) is 16.4 Å². The number of benzene rings is 1. The average Bonchev–Trinajstić information content (AvgIpc) is 2.38. The fourth-order valence-electron chi connectivity index (χ4n) is 1.37. The summed E-state index contributed by atoms with van der Waals surface area (Å²) in [4.78, 5) is 22.7. The Morgan fingerprint density at radius 1 is 1.30 bits per heavy atom. The van der Waals surface area contributed by atoms with Crippen LogP contribution in [0.4, 0.5) is 4.39 Å². The Labute approximate surface area is 125 Å². The number of rotatable bonds is 8. The van der Waals surface area contributed by atoms with E-state index in [9.17, 15) is 14.0 Å². The summed E-state index contributed by atoms with van der Waals surface area (Å²) >= 11 is 3.04. The molecule has 1 aromatic rings. The van der Waals surface area contributed by atoms with Crippen molar-refractivity contribution in [2.75, 3.05) is 17.3 Å². The molecule has 110 valence electrons. The normalized spacial score (nSPS) is 11.9. The monoisotopic (exact) mass is 317 g/mol. The predicted molar refractivity (Wildman–Crippen MR) is 79.7 cm³/mol. The first-order valence-corrected chi connectivity index (χ1v) is 8.09. The van der Waals surface area contributed by atoms with Crippen LogP contribution in [0.15, 0.2) is 29.2 Å². The van der Waals surface area contributed by atoms with E-state index >= 15 is 0 Å². The number of thioether (sulfide) groups is 2. The summed E-state index contributed by atoms with van der Waals surface area (Å²) < 4.78 is 12.7. The third kappa shape index (κ3) is 6.81.